The maximum atomic E-state index is 12.7. The van der Waals surface area contributed by atoms with E-state index in [4.69, 9.17) is 4.74 Å². The second-order valence-corrected chi connectivity index (χ2v) is 6.43. The van der Waals surface area contributed by atoms with Gasteiger partial charge in [-0.2, -0.15) is 0 Å². The van der Waals surface area contributed by atoms with E-state index in [9.17, 15) is 4.79 Å². The average Bonchev–Trinajstić information content (AvgIpc) is 2.70. The number of nitrogens with zero attached hydrogens (tertiary/aromatic N) is 1. The van der Waals surface area contributed by atoms with Crippen molar-refractivity contribution >= 4 is 17.2 Å². The van der Waals surface area contributed by atoms with Gasteiger partial charge in [0, 0.05) is 13.1 Å². The highest BCUT2D eigenvalue weighted by Crippen LogP contribution is 2.26. The first-order valence-corrected chi connectivity index (χ1v) is 9.20. The molecule has 0 radical (unpaired) electrons. The van der Waals surface area contributed by atoms with Gasteiger partial charge in [0.15, 0.2) is 0 Å². The van der Waals surface area contributed by atoms with E-state index in [0.717, 1.165) is 25.2 Å². The van der Waals surface area contributed by atoms with Gasteiger partial charge in [-0.3, -0.25) is 9.69 Å². The van der Waals surface area contributed by atoms with Gasteiger partial charge in [0.2, 0.25) is 5.91 Å². The van der Waals surface area contributed by atoms with Crippen LogP contribution in [0.2, 0.25) is 0 Å². The van der Waals surface area contributed by atoms with E-state index in [0.29, 0.717) is 12.4 Å². The van der Waals surface area contributed by atoms with Crippen LogP contribution in [-0.4, -0.2) is 36.5 Å². The van der Waals surface area contributed by atoms with Crippen LogP contribution in [0.15, 0.2) is 60.7 Å². The maximum Gasteiger partial charge on any atom is 0.241 e. The molecule has 26 heavy (non-hydrogen) atoms. The van der Waals surface area contributed by atoms with Crippen LogP contribution in [0, 0.1) is 0 Å². The molecule has 0 aliphatic carbocycles. The second-order valence-electron chi connectivity index (χ2n) is 6.43. The lowest BCUT2D eigenvalue weighted by atomic mass is 9.99. The molecule has 4 nitrogen and oxygen atoms in total. The van der Waals surface area contributed by atoms with Gasteiger partial charge < -0.3 is 10.1 Å². The number of benzene rings is 2. The van der Waals surface area contributed by atoms with E-state index in [1.807, 2.05) is 44.2 Å². The van der Waals surface area contributed by atoms with Crippen LogP contribution < -0.4 is 10.1 Å². The van der Waals surface area contributed by atoms with E-state index in [1.54, 1.807) is 0 Å². The summed E-state index contributed by atoms with van der Waals surface area (Å²) in [5, 5.41) is 3.01. The van der Waals surface area contributed by atoms with E-state index >= 15 is 0 Å². The number of anilines is 1. The number of para-hydroxylation sites is 2. The fourth-order valence-electron chi connectivity index (χ4n) is 3.21. The molecular formula is C22H26N2O2. The Bertz CT molecular complexity index is 771. The molecule has 1 aliphatic rings. The quantitative estimate of drug-likeness (QED) is 0.849. The number of rotatable bonds is 6. The first kappa shape index (κ1) is 18.2. The Morgan fingerprint density at radius 3 is 2.58 bits per heavy atom. The number of hydrogen-bond donors (Lipinski definition) is 1. The summed E-state index contributed by atoms with van der Waals surface area (Å²) in [5.74, 6) is 0.703. The fraction of sp³-hybridized carbons (Fsp3) is 0.318. The van der Waals surface area contributed by atoms with Crippen LogP contribution in [0.3, 0.4) is 0 Å². The smallest absolute Gasteiger partial charge is 0.241 e. The number of hydrogen-bond acceptors (Lipinski definition) is 3. The van der Waals surface area contributed by atoms with Gasteiger partial charge >= 0.3 is 0 Å². The molecular weight excluding hydrogens is 324 g/mol. The molecule has 3 rings (SSSR count). The number of amides is 1. The zero-order chi connectivity index (χ0) is 18.4. The predicted octanol–water partition coefficient (Wildman–Crippen LogP) is 4.20. The number of carbonyl (C=O) groups excluding carboxylic acids is 1. The zero-order valence-corrected chi connectivity index (χ0v) is 15.4. The number of nitrogens with one attached hydrogen (secondary N) is 1. The molecule has 0 aromatic heterocycles. The molecule has 0 fully saturated rings. The predicted molar refractivity (Wildman–Crippen MR) is 106 cm³/mol. The Balaban J connectivity index is 1.62. The largest absolute Gasteiger partial charge is 0.492 e. The third-order valence-electron chi connectivity index (χ3n) is 4.76. The van der Waals surface area contributed by atoms with Crippen LogP contribution >= 0.6 is 0 Å². The molecule has 4 heteroatoms. The summed E-state index contributed by atoms with van der Waals surface area (Å²) in [6.07, 6.45) is 3.19. The summed E-state index contributed by atoms with van der Waals surface area (Å²) in [5.41, 5.74) is 3.36. The normalized spacial score (nSPS) is 15.8. The van der Waals surface area contributed by atoms with Crippen molar-refractivity contribution in [2.24, 2.45) is 0 Å². The lowest BCUT2D eigenvalue weighted by Gasteiger charge is -2.31. The average molecular weight is 350 g/mol. The van der Waals surface area contributed by atoms with Crippen molar-refractivity contribution in [2.75, 3.05) is 25.0 Å². The second kappa shape index (κ2) is 8.68. The molecule has 1 aliphatic heterocycles. The summed E-state index contributed by atoms with van der Waals surface area (Å²) in [4.78, 5) is 14.9. The molecule has 1 atom stereocenters. The maximum absolute atomic E-state index is 12.7. The van der Waals surface area contributed by atoms with Crippen molar-refractivity contribution in [1.29, 1.82) is 0 Å². The van der Waals surface area contributed by atoms with Crippen molar-refractivity contribution in [3.8, 4) is 5.75 Å². The highest BCUT2D eigenvalue weighted by Gasteiger charge is 2.24. The highest BCUT2D eigenvalue weighted by atomic mass is 16.5. The Kier molecular flexibility index (Phi) is 6.08. The van der Waals surface area contributed by atoms with Crippen LogP contribution in [0.25, 0.3) is 5.57 Å². The fourth-order valence-corrected chi connectivity index (χ4v) is 3.21. The van der Waals surface area contributed by atoms with E-state index in [-0.39, 0.29) is 11.9 Å². The van der Waals surface area contributed by atoms with E-state index < -0.39 is 0 Å². The van der Waals surface area contributed by atoms with Crippen LogP contribution in [0.1, 0.15) is 25.8 Å². The highest BCUT2D eigenvalue weighted by molar-refractivity contribution is 5.95. The lowest BCUT2D eigenvalue weighted by molar-refractivity contribution is -0.120. The Labute approximate surface area is 155 Å². The van der Waals surface area contributed by atoms with Crippen LogP contribution in [-0.2, 0) is 4.79 Å². The zero-order valence-electron chi connectivity index (χ0n) is 15.4. The monoisotopic (exact) mass is 350 g/mol. The molecule has 2 aromatic carbocycles. The molecule has 136 valence electrons. The first-order chi connectivity index (χ1) is 12.7. The Hall–Kier alpha value is -2.59. The number of carbonyl (C=O) groups is 1. The topological polar surface area (TPSA) is 41.6 Å². The van der Waals surface area contributed by atoms with Crippen LogP contribution in [0.4, 0.5) is 5.69 Å². The third-order valence-corrected chi connectivity index (χ3v) is 4.76. The molecule has 0 bridgehead atoms. The standard InChI is InChI=1S/C22H26N2O2/c1-3-26-21-12-8-7-11-20(21)23-22(25)17(2)24-15-13-19(14-16-24)18-9-5-4-6-10-18/h4-13,17H,3,14-16H2,1-2H3,(H,23,25)/t17-/m0/s1. The van der Waals surface area contributed by atoms with Gasteiger partial charge in [0.1, 0.15) is 5.75 Å². The summed E-state index contributed by atoms with van der Waals surface area (Å²) < 4.78 is 5.59. The van der Waals surface area contributed by atoms with Crippen molar-refractivity contribution in [1.82, 2.24) is 4.90 Å². The van der Waals surface area contributed by atoms with Gasteiger partial charge in [-0.15, -0.1) is 0 Å². The summed E-state index contributed by atoms with van der Waals surface area (Å²) in [7, 11) is 0. The van der Waals surface area contributed by atoms with Gasteiger partial charge in [0.05, 0.1) is 18.3 Å². The SMILES string of the molecule is CCOc1ccccc1NC(=O)[C@H](C)N1CC=C(c2ccccc2)CC1. The molecule has 1 heterocycles. The van der Waals surface area contributed by atoms with Crippen molar-refractivity contribution in [2.45, 2.75) is 26.3 Å². The van der Waals surface area contributed by atoms with Gasteiger partial charge in [-0.1, -0.05) is 48.5 Å². The lowest BCUT2D eigenvalue weighted by Crippen LogP contribution is -2.44. The van der Waals surface area contributed by atoms with Crippen LogP contribution in [0.5, 0.6) is 5.75 Å². The van der Waals surface area contributed by atoms with Gasteiger partial charge in [-0.05, 0) is 43.5 Å². The number of ether oxygens (including phenoxy) is 1. The first-order valence-electron chi connectivity index (χ1n) is 9.20. The van der Waals surface area contributed by atoms with Crippen molar-refractivity contribution in [3.05, 3.63) is 66.2 Å². The Morgan fingerprint density at radius 2 is 1.88 bits per heavy atom. The summed E-state index contributed by atoms with van der Waals surface area (Å²) >= 11 is 0. The summed E-state index contributed by atoms with van der Waals surface area (Å²) in [6.45, 7) is 6.13. The van der Waals surface area contributed by atoms with Gasteiger partial charge in [-0.25, -0.2) is 0 Å². The minimum atomic E-state index is -0.196. The van der Waals surface area contributed by atoms with Gasteiger partial charge in [0.25, 0.3) is 0 Å². The molecule has 0 saturated carbocycles. The molecule has 1 amide bonds. The van der Waals surface area contributed by atoms with E-state index in [1.165, 1.54) is 11.1 Å². The molecule has 0 saturated heterocycles. The third kappa shape index (κ3) is 4.33. The van der Waals surface area contributed by atoms with Crippen molar-refractivity contribution < 1.29 is 9.53 Å². The minimum Gasteiger partial charge on any atom is -0.492 e. The molecule has 1 N–H and O–H groups in total. The summed E-state index contributed by atoms with van der Waals surface area (Å²) in [6, 6.07) is 17.8. The molecule has 0 unspecified atom stereocenters. The Morgan fingerprint density at radius 1 is 1.15 bits per heavy atom. The molecule has 0 spiro atoms. The molecule has 2 aromatic rings. The van der Waals surface area contributed by atoms with Crippen molar-refractivity contribution in [3.63, 3.8) is 0 Å². The van der Waals surface area contributed by atoms with E-state index in [2.05, 4.69) is 40.6 Å². The minimum absolute atomic E-state index is 0.00582.